The van der Waals surface area contributed by atoms with Gasteiger partial charge in [0.1, 0.15) is 0 Å². The van der Waals surface area contributed by atoms with Gasteiger partial charge in [-0.15, -0.1) is 0 Å². The van der Waals surface area contributed by atoms with Crippen LogP contribution in [0.25, 0.3) is 0 Å². The molecule has 0 spiro atoms. The summed E-state index contributed by atoms with van der Waals surface area (Å²) in [5.41, 5.74) is 0.540. The van der Waals surface area contributed by atoms with Gasteiger partial charge in [-0.05, 0) is 39.0 Å². The molecule has 15 heavy (non-hydrogen) atoms. The molecule has 1 aliphatic carbocycles. The molecule has 2 fully saturated rings. The van der Waals surface area contributed by atoms with Crippen LogP contribution in [0.4, 0.5) is 0 Å². The number of carbonyl (C=O) groups is 1. The predicted octanol–water partition coefficient (Wildman–Crippen LogP) is 1.66. The summed E-state index contributed by atoms with van der Waals surface area (Å²) in [7, 11) is 0. The molecule has 3 atom stereocenters. The first kappa shape index (κ1) is 10.7. The number of allylic oxidation sites excluding steroid dienone is 2. The molecule has 0 amide bonds. The van der Waals surface area contributed by atoms with E-state index >= 15 is 0 Å². The lowest BCUT2D eigenvalue weighted by Gasteiger charge is -2.32. The highest BCUT2D eigenvalue weighted by Crippen LogP contribution is 2.49. The first-order valence-corrected chi connectivity index (χ1v) is 5.53. The fraction of sp³-hybridized carbons (Fsp3) is 0.750. The summed E-state index contributed by atoms with van der Waals surface area (Å²) < 4.78 is 5.14. The molecule has 0 radical (unpaired) electrons. The van der Waals surface area contributed by atoms with Gasteiger partial charge in [0.25, 0.3) is 0 Å². The van der Waals surface area contributed by atoms with Crippen LogP contribution >= 0.6 is 0 Å². The molecule has 0 aromatic rings. The Morgan fingerprint density at radius 2 is 2.40 bits per heavy atom. The number of hydrogen-bond acceptors (Lipinski definition) is 3. The predicted molar refractivity (Wildman–Crippen MR) is 56.2 cm³/mol. The Morgan fingerprint density at radius 3 is 3.07 bits per heavy atom. The van der Waals surface area contributed by atoms with Crippen LogP contribution in [-0.2, 0) is 9.53 Å². The summed E-state index contributed by atoms with van der Waals surface area (Å²) in [5.74, 6) is 0.157. The van der Waals surface area contributed by atoms with Crippen molar-refractivity contribution in [3.8, 4) is 0 Å². The molecule has 1 heterocycles. The summed E-state index contributed by atoms with van der Waals surface area (Å²) >= 11 is 0. The summed E-state index contributed by atoms with van der Waals surface area (Å²) in [6.07, 6.45) is 3.62. The van der Waals surface area contributed by atoms with Crippen LogP contribution in [0.2, 0.25) is 0 Å². The van der Waals surface area contributed by atoms with Crippen LogP contribution in [0, 0.1) is 11.3 Å². The number of carbonyl (C=O) groups excluding carboxylic acids is 1. The third kappa shape index (κ3) is 1.69. The quantitative estimate of drug-likeness (QED) is 0.557. The van der Waals surface area contributed by atoms with E-state index in [1.54, 1.807) is 0 Å². The second-order valence-electron chi connectivity index (χ2n) is 5.06. The molecule has 0 aromatic heterocycles. The lowest BCUT2D eigenvalue weighted by atomic mass is 9.78. The Morgan fingerprint density at radius 1 is 1.67 bits per heavy atom. The molecule has 1 saturated heterocycles. The van der Waals surface area contributed by atoms with E-state index in [-0.39, 0.29) is 5.97 Å². The second kappa shape index (κ2) is 3.63. The van der Waals surface area contributed by atoms with Gasteiger partial charge in [-0.25, -0.2) is 0 Å². The average molecular weight is 210 g/mol. The minimum atomic E-state index is -0.639. The highest BCUT2D eigenvalue weighted by atomic mass is 16.5. The monoisotopic (exact) mass is 210 g/mol. The van der Waals surface area contributed by atoms with E-state index in [9.17, 15) is 9.90 Å². The number of rotatable bonds is 2. The molecule has 1 aliphatic heterocycles. The molecule has 2 aliphatic rings. The zero-order valence-electron chi connectivity index (χ0n) is 9.32. The van der Waals surface area contributed by atoms with Crippen molar-refractivity contribution >= 4 is 5.97 Å². The fourth-order valence-electron chi connectivity index (χ4n) is 2.65. The van der Waals surface area contributed by atoms with Crippen molar-refractivity contribution in [2.75, 3.05) is 6.61 Å². The Balaban J connectivity index is 2.22. The zero-order chi connectivity index (χ0) is 11.1. The third-order valence-electron chi connectivity index (χ3n) is 3.58. The van der Waals surface area contributed by atoms with E-state index < -0.39 is 11.5 Å². The number of esters is 1. The van der Waals surface area contributed by atoms with Gasteiger partial charge in [0.15, 0.2) is 0 Å². The first-order valence-electron chi connectivity index (χ1n) is 5.53. The third-order valence-corrected chi connectivity index (χ3v) is 3.58. The number of hydrogen-bond donors (Lipinski definition) is 1. The van der Waals surface area contributed by atoms with Gasteiger partial charge in [-0.1, -0.05) is 11.6 Å². The van der Waals surface area contributed by atoms with E-state index in [1.807, 2.05) is 19.9 Å². The maximum atomic E-state index is 11.8. The van der Waals surface area contributed by atoms with Crippen molar-refractivity contribution in [3.05, 3.63) is 11.6 Å². The summed E-state index contributed by atoms with van der Waals surface area (Å²) in [6.45, 7) is 4.50. The molecule has 1 saturated carbocycles. The van der Waals surface area contributed by atoms with Crippen LogP contribution < -0.4 is 0 Å². The Kier molecular flexibility index (Phi) is 2.59. The molecule has 3 unspecified atom stereocenters. The average Bonchev–Trinajstić information content (AvgIpc) is 2.44. The summed E-state index contributed by atoms with van der Waals surface area (Å²) in [5, 5.41) is 10.0. The van der Waals surface area contributed by atoms with Crippen LogP contribution in [0.1, 0.15) is 33.1 Å². The lowest BCUT2D eigenvalue weighted by Crippen LogP contribution is -2.41. The minimum Gasteiger partial charge on any atom is -0.465 e. The number of cyclic esters (lactones) is 1. The molecule has 1 N–H and O–H groups in total. The van der Waals surface area contributed by atoms with Crippen molar-refractivity contribution < 1.29 is 14.6 Å². The summed E-state index contributed by atoms with van der Waals surface area (Å²) in [6, 6.07) is 0. The number of fused-ring (bicyclic) bond motifs is 2. The smallest absolute Gasteiger partial charge is 0.315 e. The van der Waals surface area contributed by atoms with E-state index in [0.29, 0.717) is 25.4 Å². The van der Waals surface area contributed by atoms with Gasteiger partial charge in [0.2, 0.25) is 0 Å². The lowest BCUT2D eigenvalue weighted by molar-refractivity contribution is -0.165. The molecular formula is C12H18O3. The molecular weight excluding hydrogens is 192 g/mol. The van der Waals surface area contributed by atoms with Gasteiger partial charge in [0, 0.05) is 0 Å². The van der Waals surface area contributed by atoms with Gasteiger partial charge in [-0.2, -0.15) is 0 Å². The van der Waals surface area contributed by atoms with E-state index in [2.05, 4.69) is 0 Å². The normalized spacial score (nSPS) is 38.7. The first-order chi connectivity index (χ1) is 7.04. The van der Waals surface area contributed by atoms with Crippen molar-refractivity contribution in [1.82, 2.24) is 0 Å². The molecule has 0 aromatic carbocycles. The number of ether oxygens (including phenoxy) is 1. The van der Waals surface area contributed by atoms with Gasteiger partial charge < -0.3 is 9.84 Å². The largest absolute Gasteiger partial charge is 0.465 e. The maximum Gasteiger partial charge on any atom is 0.315 e. The SMILES string of the molecule is CC(C)=CCC12CC(COC1=O)CC2O. The second-order valence-corrected chi connectivity index (χ2v) is 5.06. The topological polar surface area (TPSA) is 46.5 Å². The van der Waals surface area contributed by atoms with Crippen LogP contribution in [-0.4, -0.2) is 23.8 Å². The summed E-state index contributed by atoms with van der Waals surface area (Å²) in [4.78, 5) is 11.8. The Bertz CT molecular complexity index is 304. The van der Waals surface area contributed by atoms with Gasteiger partial charge in [-0.3, -0.25) is 4.79 Å². The van der Waals surface area contributed by atoms with Crippen LogP contribution in [0.15, 0.2) is 11.6 Å². The van der Waals surface area contributed by atoms with Crippen LogP contribution in [0.3, 0.4) is 0 Å². The van der Waals surface area contributed by atoms with Crippen molar-refractivity contribution in [3.63, 3.8) is 0 Å². The molecule has 3 nitrogen and oxygen atoms in total. The Hall–Kier alpha value is -0.830. The Labute approximate surface area is 90.1 Å². The van der Waals surface area contributed by atoms with Crippen molar-refractivity contribution in [2.45, 2.75) is 39.2 Å². The van der Waals surface area contributed by atoms with E-state index in [4.69, 9.17) is 4.74 Å². The molecule has 3 heteroatoms. The number of aliphatic hydroxyl groups is 1. The zero-order valence-corrected chi connectivity index (χ0v) is 9.32. The van der Waals surface area contributed by atoms with Crippen molar-refractivity contribution in [2.24, 2.45) is 11.3 Å². The fourth-order valence-corrected chi connectivity index (χ4v) is 2.65. The number of aliphatic hydroxyl groups excluding tert-OH is 1. The standard InChI is InChI=1S/C12H18O3/c1-8(2)3-4-12-6-9(5-10(12)13)7-15-11(12)14/h3,9-10,13H,4-7H2,1-2H3. The molecule has 84 valence electrons. The van der Waals surface area contributed by atoms with Gasteiger partial charge >= 0.3 is 5.97 Å². The highest BCUT2D eigenvalue weighted by molar-refractivity contribution is 5.79. The van der Waals surface area contributed by atoms with E-state index in [1.165, 1.54) is 5.57 Å². The minimum absolute atomic E-state index is 0.207. The maximum absolute atomic E-state index is 11.8. The van der Waals surface area contributed by atoms with E-state index in [0.717, 1.165) is 6.42 Å². The molecule has 2 rings (SSSR count). The highest BCUT2D eigenvalue weighted by Gasteiger charge is 2.55. The van der Waals surface area contributed by atoms with Crippen molar-refractivity contribution in [1.29, 1.82) is 0 Å². The van der Waals surface area contributed by atoms with Gasteiger partial charge in [0.05, 0.1) is 18.1 Å². The molecule has 2 bridgehead atoms. The van der Waals surface area contributed by atoms with Crippen LogP contribution in [0.5, 0.6) is 0 Å².